The van der Waals surface area contributed by atoms with E-state index in [1.54, 1.807) is 11.3 Å². The number of carbonyl (C=O) groups excluding carboxylic acids is 1. The van der Waals surface area contributed by atoms with Crippen molar-refractivity contribution in [3.63, 3.8) is 0 Å². The Balaban J connectivity index is 2.54. The van der Waals surface area contributed by atoms with E-state index in [9.17, 15) is 4.79 Å². The minimum absolute atomic E-state index is 0.0156. The van der Waals surface area contributed by atoms with Crippen molar-refractivity contribution in [3.05, 3.63) is 21.9 Å². The van der Waals surface area contributed by atoms with E-state index in [4.69, 9.17) is 5.73 Å². The third-order valence-corrected chi connectivity index (χ3v) is 3.13. The minimum Gasteiger partial charge on any atom is -0.351 e. The number of carbonyl (C=O) groups is 1. The van der Waals surface area contributed by atoms with Crippen molar-refractivity contribution in [1.29, 1.82) is 0 Å². The van der Waals surface area contributed by atoms with Gasteiger partial charge < -0.3 is 11.1 Å². The predicted molar refractivity (Wildman–Crippen MR) is 76.2 cm³/mol. The number of thiophene rings is 1. The summed E-state index contributed by atoms with van der Waals surface area (Å²) in [4.78, 5) is 12.8. The Hall–Kier alpha value is -1.31. The van der Waals surface area contributed by atoms with Gasteiger partial charge in [-0.1, -0.05) is 32.6 Å². The first-order valence-electron chi connectivity index (χ1n) is 5.94. The van der Waals surface area contributed by atoms with E-state index in [0.717, 1.165) is 10.4 Å². The second kappa shape index (κ2) is 6.58. The highest BCUT2D eigenvalue weighted by Crippen LogP contribution is 2.19. The molecule has 3 nitrogen and oxygen atoms in total. The van der Waals surface area contributed by atoms with Gasteiger partial charge in [0.1, 0.15) is 0 Å². The molecule has 0 spiro atoms. The first kappa shape index (κ1) is 14.7. The van der Waals surface area contributed by atoms with Crippen LogP contribution >= 0.6 is 11.3 Å². The first-order valence-corrected chi connectivity index (χ1v) is 6.82. The number of nitrogens with two attached hydrogens (primary N) is 1. The molecular formula is C14H20N2OS. The van der Waals surface area contributed by atoms with Crippen LogP contribution in [0, 0.1) is 17.3 Å². The highest BCUT2D eigenvalue weighted by atomic mass is 32.1. The van der Waals surface area contributed by atoms with E-state index in [0.29, 0.717) is 19.5 Å². The smallest absolute Gasteiger partial charge is 0.220 e. The van der Waals surface area contributed by atoms with Crippen molar-refractivity contribution >= 4 is 17.2 Å². The Kier molecular flexibility index (Phi) is 5.39. The average molecular weight is 264 g/mol. The molecule has 1 rings (SSSR count). The monoisotopic (exact) mass is 264 g/mol. The van der Waals surface area contributed by atoms with E-state index < -0.39 is 0 Å². The third-order valence-electron chi connectivity index (χ3n) is 2.21. The average Bonchev–Trinajstić information content (AvgIpc) is 2.68. The Labute approximate surface area is 113 Å². The molecule has 0 aliphatic heterocycles. The Morgan fingerprint density at radius 2 is 2.22 bits per heavy atom. The topological polar surface area (TPSA) is 55.1 Å². The fourth-order valence-electron chi connectivity index (χ4n) is 1.46. The Bertz CT molecular complexity index is 460. The van der Waals surface area contributed by atoms with E-state index >= 15 is 0 Å². The van der Waals surface area contributed by atoms with Crippen LogP contribution in [-0.2, 0) is 11.3 Å². The summed E-state index contributed by atoms with van der Waals surface area (Å²) in [6.07, 6.45) is 0.530. The van der Waals surface area contributed by atoms with Crippen LogP contribution < -0.4 is 11.1 Å². The number of nitrogens with one attached hydrogen (secondary N) is 1. The van der Waals surface area contributed by atoms with Gasteiger partial charge in [-0.3, -0.25) is 4.79 Å². The fourth-order valence-corrected chi connectivity index (χ4v) is 2.23. The van der Waals surface area contributed by atoms with E-state index in [1.165, 1.54) is 0 Å². The molecule has 0 fully saturated rings. The van der Waals surface area contributed by atoms with Gasteiger partial charge in [0.05, 0.1) is 13.1 Å². The minimum atomic E-state index is 0.0156. The van der Waals surface area contributed by atoms with Crippen LogP contribution in [0.4, 0.5) is 0 Å². The van der Waals surface area contributed by atoms with Crippen molar-refractivity contribution in [1.82, 2.24) is 5.32 Å². The Morgan fingerprint density at radius 3 is 2.83 bits per heavy atom. The van der Waals surface area contributed by atoms with Gasteiger partial charge in [0.15, 0.2) is 0 Å². The van der Waals surface area contributed by atoms with Gasteiger partial charge >= 0.3 is 0 Å². The second-order valence-electron chi connectivity index (χ2n) is 5.28. The van der Waals surface area contributed by atoms with Crippen molar-refractivity contribution < 1.29 is 4.79 Å². The highest BCUT2D eigenvalue weighted by Gasteiger charge is 2.15. The van der Waals surface area contributed by atoms with Crippen molar-refractivity contribution in [2.75, 3.05) is 6.54 Å². The van der Waals surface area contributed by atoms with Gasteiger partial charge in [0.2, 0.25) is 5.91 Å². The van der Waals surface area contributed by atoms with Crippen LogP contribution in [0.2, 0.25) is 0 Å². The summed E-state index contributed by atoms with van der Waals surface area (Å²) in [5.74, 6) is 5.92. The molecule has 1 aromatic heterocycles. The lowest BCUT2D eigenvalue weighted by atomic mass is 9.92. The molecule has 0 unspecified atom stereocenters. The molecule has 18 heavy (non-hydrogen) atoms. The molecular weight excluding hydrogens is 244 g/mol. The molecule has 0 aromatic carbocycles. The van der Waals surface area contributed by atoms with Gasteiger partial charge in [-0.15, -0.1) is 11.3 Å². The molecule has 0 aliphatic carbocycles. The van der Waals surface area contributed by atoms with Crippen LogP contribution in [0.25, 0.3) is 0 Å². The van der Waals surface area contributed by atoms with Gasteiger partial charge in [-0.2, -0.15) is 0 Å². The Morgan fingerprint density at radius 1 is 1.50 bits per heavy atom. The summed E-state index contributed by atoms with van der Waals surface area (Å²) in [7, 11) is 0. The maximum Gasteiger partial charge on any atom is 0.220 e. The van der Waals surface area contributed by atoms with Gasteiger partial charge in [0.25, 0.3) is 0 Å². The molecule has 98 valence electrons. The summed E-state index contributed by atoms with van der Waals surface area (Å²) in [6.45, 7) is 7.05. The molecule has 0 saturated heterocycles. The molecule has 0 bridgehead atoms. The van der Waals surface area contributed by atoms with E-state index in [2.05, 4.69) is 37.9 Å². The molecule has 0 saturated carbocycles. The van der Waals surface area contributed by atoms with Crippen molar-refractivity contribution in [2.45, 2.75) is 33.7 Å². The molecule has 1 heterocycles. The maximum absolute atomic E-state index is 11.7. The molecule has 0 atom stereocenters. The molecule has 3 N–H and O–H groups in total. The summed E-state index contributed by atoms with van der Waals surface area (Å²) < 4.78 is 0. The van der Waals surface area contributed by atoms with Gasteiger partial charge in [0, 0.05) is 16.9 Å². The van der Waals surface area contributed by atoms with Gasteiger partial charge in [-0.25, -0.2) is 0 Å². The standard InChI is InChI=1S/C14H20N2OS/c1-14(2,3)9-13(17)16-10-12-11(5-4-7-15)6-8-18-12/h6,8H,7,9-10,15H2,1-3H3,(H,16,17). The summed E-state index contributed by atoms with van der Waals surface area (Å²) >= 11 is 1.60. The number of amides is 1. The van der Waals surface area contributed by atoms with Crippen LogP contribution in [0.1, 0.15) is 37.6 Å². The van der Waals surface area contributed by atoms with Crippen LogP contribution in [0.15, 0.2) is 11.4 Å². The predicted octanol–water partition coefficient (Wildman–Crippen LogP) is 2.11. The number of rotatable bonds is 3. The summed E-state index contributed by atoms with van der Waals surface area (Å²) in [5.41, 5.74) is 6.32. The lowest BCUT2D eigenvalue weighted by Crippen LogP contribution is -2.27. The maximum atomic E-state index is 11.7. The van der Waals surface area contributed by atoms with Crippen LogP contribution in [-0.4, -0.2) is 12.5 Å². The lowest BCUT2D eigenvalue weighted by Gasteiger charge is -2.17. The second-order valence-corrected chi connectivity index (χ2v) is 6.28. The SMILES string of the molecule is CC(C)(C)CC(=O)NCc1sccc1C#CCN. The zero-order valence-corrected chi connectivity index (χ0v) is 12.0. The summed E-state index contributed by atoms with van der Waals surface area (Å²) in [5, 5.41) is 4.91. The molecule has 1 amide bonds. The zero-order chi connectivity index (χ0) is 13.6. The van der Waals surface area contributed by atoms with E-state index in [1.807, 2.05) is 11.4 Å². The van der Waals surface area contributed by atoms with Crippen LogP contribution in [0.5, 0.6) is 0 Å². The van der Waals surface area contributed by atoms with E-state index in [-0.39, 0.29) is 11.3 Å². The normalized spacial score (nSPS) is 10.7. The fraction of sp³-hybridized carbons (Fsp3) is 0.500. The molecule has 0 aliphatic rings. The number of hydrogen-bond acceptors (Lipinski definition) is 3. The van der Waals surface area contributed by atoms with Crippen molar-refractivity contribution in [3.8, 4) is 11.8 Å². The molecule has 1 aromatic rings. The largest absolute Gasteiger partial charge is 0.351 e. The zero-order valence-electron chi connectivity index (χ0n) is 11.2. The third kappa shape index (κ3) is 5.35. The molecule has 4 heteroatoms. The number of hydrogen-bond donors (Lipinski definition) is 2. The highest BCUT2D eigenvalue weighted by molar-refractivity contribution is 7.10. The quantitative estimate of drug-likeness (QED) is 0.822. The van der Waals surface area contributed by atoms with Crippen molar-refractivity contribution in [2.24, 2.45) is 11.1 Å². The lowest BCUT2D eigenvalue weighted by molar-refractivity contribution is -0.122. The summed E-state index contributed by atoms with van der Waals surface area (Å²) in [6, 6.07) is 1.96. The molecule has 0 radical (unpaired) electrons. The van der Waals surface area contributed by atoms with Crippen LogP contribution in [0.3, 0.4) is 0 Å². The van der Waals surface area contributed by atoms with Gasteiger partial charge in [-0.05, 0) is 16.9 Å². The first-order chi connectivity index (χ1) is 8.42.